The molecule has 5 nitrogen and oxygen atoms in total. The second-order valence-electron chi connectivity index (χ2n) is 5.94. The molecule has 1 aromatic carbocycles. The van der Waals surface area contributed by atoms with E-state index in [4.69, 9.17) is 0 Å². The van der Waals surface area contributed by atoms with Gasteiger partial charge in [-0.1, -0.05) is 36.0 Å². The SMILES string of the molecule is CSc1ncc(C(=O)NCc2cccc(CN3CCCC3)c2)cn1. The van der Waals surface area contributed by atoms with Crippen LogP contribution < -0.4 is 5.32 Å². The first kappa shape index (κ1) is 16.9. The fraction of sp³-hybridized carbons (Fsp3) is 0.389. The first-order chi connectivity index (χ1) is 11.7. The fourth-order valence-corrected chi connectivity index (χ4v) is 3.18. The predicted molar refractivity (Wildman–Crippen MR) is 95.9 cm³/mol. The molecule has 6 heteroatoms. The predicted octanol–water partition coefficient (Wildman–Crippen LogP) is 2.72. The molecule has 0 unspecified atom stereocenters. The highest BCUT2D eigenvalue weighted by molar-refractivity contribution is 7.98. The van der Waals surface area contributed by atoms with E-state index in [1.807, 2.05) is 12.3 Å². The van der Waals surface area contributed by atoms with Gasteiger partial charge in [0.2, 0.25) is 0 Å². The van der Waals surface area contributed by atoms with Gasteiger partial charge in [-0.3, -0.25) is 9.69 Å². The summed E-state index contributed by atoms with van der Waals surface area (Å²) in [7, 11) is 0. The van der Waals surface area contributed by atoms with Crippen molar-refractivity contribution in [3.05, 3.63) is 53.3 Å². The number of hydrogen-bond donors (Lipinski definition) is 1. The molecule has 2 aromatic rings. The van der Waals surface area contributed by atoms with Crippen molar-refractivity contribution >= 4 is 17.7 Å². The van der Waals surface area contributed by atoms with Crippen LogP contribution in [-0.2, 0) is 13.1 Å². The molecule has 0 radical (unpaired) electrons. The highest BCUT2D eigenvalue weighted by Gasteiger charge is 2.12. The van der Waals surface area contributed by atoms with Crippen LogP contribution in [0.15, 0.2) is 41.8 Å². The Morgan fingerprint density at radius 2 is 1.92 bits per heavy atom. The third-order valence-corrected chi connectivity index (χ3v) is 4.70. The van der Waals surface area contributed by atoms with Gasteiger partial charge >= 0.3 is 0 Å². The van der Waals surface area contributed by atoms with Gasteiger partial charge in [-0.15, -0.1) is 0 Å². The standard InChI is InChI=1S/C18H22N4OS/c1-24-18-20-11-16(12-21-18)17(23)19-10-14-5-4-6-15(9-14)13-22-7-2-3-8-22/h4-6,9,11-12H,2-3,7-8,10,13H2,1H3,(H,19,23). The number of likely N-dealkylation sites (tertiary alicyclic amines) is 1. The van der Waals surface area contributed by atoms with Crippen LogP contribution in [0.5, 0.6) is 0 Å². The van der Waals surface area contributed by atoms with Crippen LogP contribution in [0.3, 0.4) is 0 Å². The Kier molecular flexibility index (Phi) is 5.82. The monoisotopic (exact) mass is 342 g/mol. The molecule has 126 valence electrons. The van der Waals surface area contributed by atoms with Crippen molar-refractivity contribution in [2.45, 2.75) is 31.1 Å². The molecule has 1 aromatic heterocycles. The first-order valence-electron chi connectivity index (χ1n) is 8.19. The lowest BCUT2D eigenvalue weighted by Gasteiger charge is -2.15. The summed E-state index contributed by atoms with van der Waals surface area (Å²) in [6, 6.07) is 8.43. The zero-order valence-electron chi connectivity index (χ0n) is 13.9. The summed E-state index contributed by atoms with van der Waals surface area (Å²) in [6.45, 7) is 3.88. The molecular weight excluding hydrogens is 320 g/mol. The van der Waals surface area contributed by atoms with Crippen LogP contribution in [0.1, 0.15) is 34.3 Å². The number of thioether (sulfide) groups is 1. The van der Waals surface area contributed by atoms with Gasteiger partial charge in [-0.25, -0.2) is 9.97 Å². The summed E-state index contributed by atoms with van der Waals surface area (Å²) in [5, 5.41) is 3.60. The summed E-state index contributed by atoms with van der Waals surface area (Å²) >= 11 is 1.46. The molecule has 1 saturated heterocycles. The van der Waals surface area contributed by atoms with Crippen molar-refractivity contribution in [1.82, 2.24) is 20.2 Å². The topological polar surface area (TPSA) is 58.1 Å². The smallest absolute Gasteiger partial charge is 0.254 e. The van der Waals surface area contributed by atoms with Crippen molar-refractivity contribution in [3.63, 3.8) is 0 Å². The molecular formula is C18H22N4OS. The number of carbonyl (C=O) groups excluding carboxylic acids is 1. The number of amides is 1. The van der Waals surface area contributed by atoms with Crippen molar-refractivity contribution in [2.75, 3.05) is 19.3 Å². The zero-order valence-corrected chi connectivity index (χ0v) is 14.7. The number of hydrogen-bond acceptors (Lipinski definition) is 5. The Labute approximate surface area is 146 Å². The third-order valence-electron chi connectivity index (χ3n) is 4.12. The molecule has 1 aliphatic rings. The van der Waals surface area contributed by atoms with Gasteiger partial charge in [0.25, 0.3) is 5.91 Å². The fourth-order valence-electron chi connectivity index (χ4n) is 2.86. The summed E-state index contributed by atoms with van der Waals surface area (Å²) in [4.78, 5) is 22.9. The van der Waals surface area contributed by atoms with Crippen molar-refractivity contribution < 1.29 is 4.79 Å². The lowest BCUT2D eigenvalue weighted by atomic mass is 10.1. The van der Waals surface area contributed by atoms with Gasteiger partial charge in [0, 0.05) is 25.5 Å². The maximum atomic E-state index is 12.2. The lowest BCUT2D eigenvalue weighted by molar-refractivity contribution is 0.0950. The average Bonchev–Trinajstić information content (AvgIpc) is 3.13. The maximum Gasteiger partial charge on any atom is 0.254 e. The minimum atomic E-state index is -0.146. The third kappa shape index (κ3) is 4.55. The number of nitrogens with zero attached hydrogens (tertiary/aromatic N) is 3. The van der Waals surface area contributed by atoms with Crippen LogP contribution >= 0.6 is 11.8 Å². The van der Waals surface area contributed by atoms with Crippen LogP contribution in [-0.4, -0.2) is 40.1 Å². The van der Waals surface area contributed by atoms with E-state index in [0.29, 0.717) is 17.3 Å². The number of nitrogens with one attached hydrogen (secondary N) is 1. The summed E-state index contributed by atoms with van der Waals surface area (Å²) in [5.41, 5.74) is 2.90. The van der Waals surface area contributed by atoms with Crippen LogP contribution in [0.2, 0.25) is 0 Å². The van der Waals surface area contributed by atoms with Gasteiger partial charge < -0.3 is 5.32 Å². The quantitative estimate of drug-likeness (QED) is 0.646. The second kappa shape index (κ2) is 8.26. The zero-order chi connectivity index (χ0) is 16.8. The molecule has 0 bridgehead atoms. The highest BCUT2D eigenvalue weighted by Crippen LogP contribution is 2.14. The average molecular weight is 342 g/mol. The van der Waals surface area contributed by atoms with Gasteiger partial charge in [-0.2, -0.15) is 0 Å². The molecule has 2 heterocycles. The Morgan fingerprint density at radius 1 is 1.21 bits per heavy atom. The number of aromatic nitrogens is 2. The van der Waals surface area contributed by atoms with Gasteiger partial charge in [-0.05, 0) is 43.3 Å². The Morgan fingerprint density at radius 3 is 2.62 bits per heavy atom. The number of carbonyl (C=O) groups is 1. The molecule has 3 rings (SSSR count). The van der Waals surface area contributed by atoms with Gasteiger partial charge in [0.05, 0.1) is 5.56 Å². The molecule has 0 spiro atoms. The molecule has 24 heavy (non-hydrogen) atoms. The summed E-state index contributed by atoms with van der Waals surface area (Å²) < 4.78 is 0. The van der Waals surface area contributed by atoms with E-state index >= 15 is 0 Å². The van der Waals surface area contributed by atoms with Gasteiger partial charge in [0.1, 0.15) is 0 Å². The van der Waals surface area contributed by atoms with E-state index in [1.165, 1.54) is 43.3 Å². The maximum absolute atomic E-state index is 12.2. The second-order valence-corrected chi connectivity index (χ2v) is 6.72. The molecule has 1 fully saturated rings. The molecule has 1 aliphatic heterocycles. The normalized spacial score (nSPS) is 14.7. The Hall–Kier alpha value is -1.92. The van der Waals surface area contributed by atoms with Crippen molar-refractivity contribution in [1.29, 1.82) is 0 Å². The van der Waals surface area contributed by atoms with Crippen LogP contribution in [0.25, 0.3) is 0 Å². The summed E-state index contributed by atoms with van der Waals surface area (Å²) in [5.74, 6) is -0.146. The Balaban J connectivity index is 1.56. The van der Waals surface area contributed by atoms with Crippen molar-refractivity contribution in [2.24, 2.45) is 0 Å². The highest BCUT2D eigenvalue weighted by atomic mass is 32.2. The van der Waals surface area contributed by atoms with Crippen LogP contribution in [0, 0.1) is 0 Å². The van der Waals surface area contributed by atoms with E-state index in [9.17, 15) is 4.79 Å². The van der Waals surface area contributed by atoms with Crippen LogP contribution in [0.4, 0.5) is 0 Å². The molecule has 0 saturated carbocycles. The summed E-state index contributed by atoms with van der Waals surface area (Å²) in [6.07, 6.45) is 7.64. The Bertz CT molecular complexity index is 684. The largest absolute Gasteiger partial charge is 0.348 e. The molecule has 0 aliphatic carbocycles. The minimum absolute atomic E-state index is 0.146. The minimum Gasteiger partial charge on any atom is -0.348 e. The molecule has 1 amide bonds. The lowest BCUT2D eigenvalue weighted by Crippen LogP contribution is -2.23. The van der Waals surface area contributed by atoms with Crippen molar-refractivity contribution in [3.8, 4) is 0 Å². The van der Waals surface area contributed by atoms with E-state index in [1.54, 1.807) is 12.4 Å². The number of rotatable bonds is 6. The first-order valence-corrected chi connectivity index (χ1v) is 9.41. The van der Waals surface area contributed by atoms with E-state index in [-0.39, 0.29) is 5.91 Å². The molecule has 0 atom stereocenters. The van der Waals surface area contributed by atoms with E-state index in [2.05, 4.69) is 38.4 Å². The number of benzene rings is 1. The van der Waals surface area contributed by atoms with E-state index in [0.717, 1.165) is 12.1 Å². The van der Waals surface area contributed by atoms with E-state index < -0.39 is 0 Å². The van der Waals surface area contributed by atoms with Gasteiger partial charge in [0.15, 0.2) is 5.16 Å². The molecule has 1 N–H and O–H groups in total.